The van der Waals surface area contributed by atoms with Gasteiger partial charge in [-0.1, -0.05) is 0 Å². The zero-order valence-corrected chi connectivity index (χ0v) is 7.94. The SMILES string of the molecule is NC(=O)c1ccnn1C1CCNCC1. The largest absolute Gasteiger partial charge is 0.364 e. The van der Waals surface area contributed by atoms with Crippen molar-refractivity contribution in [1.82, 2.24) is 15.1 Å². The van der Waals surface area contributed by atoms with Gasteiger partial charge in [-0.2, -0.15) is 5.10 Å². The molecule has 0 saturated carbocycles. The van der Waals surface area contributed by atoms with Crippen LogP contribution >= 0.6 is 0 Å². The molecule has 1 aliphatic heterocycles. The fourth-order valence-electron chi connectivity index (χ4n) is 1.85. The molecule has 0 radical (unpaired) electrons. The van der Waals surface area contributed by atoms with Crippen LogP contribution in [0.5, 0.6) is 0 Å². The van der Waals surface area contributed by atoms with Crippen LogP contribution in [-0.4, -0.2) is 28.8 Å². The van der Waals surface area contributed by atoms with Gasteiger partial charge in [-0.15, -0.1) is 0 Å². The van der Waals surface area contributed by atoms with Crippen molar-refractivity contribution in [2.45, 2.75) is 18.9 Å². The molecular weight excluding hydrogens is 180 g/mol. The summed E-state index contributed by atoms with van der Waals surface area (Å²) in [5.41, 5.74) is 5.76. The fourth-order valence-corrected chi connectivity index (χ4v) is 1.85. The molecule has 0 aromatic carbocycles. The molecule has 0 aliphatic carbocycles. The van der Waals surface area contributed by atoms with Crippen LogP contribution in [-0.2, 0) is 0 Å². The van der Waals surface area contributed by atoms with Crippen LogP contribution in [0.3, 0.4) is 0 Å². The summed E-state index contributed by atoms with van der Waals surface area (Å²) in [6.07, 6.45) is 3.63. The van der Waals surface area contributed by atoms with Crippen molar-refractivity contribution < 1.29 is 4.79 Å². The quantitative estimate of drug-likeness (QED) is 0.691. The Morgan fingerprint density at radius 3 is 2.93 bits per heavy atom. The number of nitrogens with zero attached hydrogens (tertiary/aromatic N) is 2. The van der Waals surface area contributed by atoms with Gasteiger partial charge < -0.3 is 11.1 Å². The summed E-state index contributed by atoms with van der Waals surface area (Å²) in [7, 11) is 0. The molecule has 1 aromatic rings. The summed E-state index contributed by atoms with van der Waals surface area (Å²) in [6, 6.07) is 1.98. The van der Waals surface area contributed by atoms with Gasteiger partial charge in [0.25, 0.3) is 5.91 Å². The van der Waals surface area contributed by atoms with Crippen LogP contribution in [0, 0.1) is 0 Å². The molecule has 14 heavy (non-hydrogen) atoms. The van der Waals surface area contributed by atoms with Crippen molar-refractivity contribution in [2.24, 2.45) is 5.73 Å². The Morgan fingerprint density at radius 1 is 1.57 bits per heavy atom. The van der Waals surface area contributed by atoms with E-state index in [-0.39, 0.29) is 0 Å². The monoisotopic (exact) mass is 194 g/mol. The maximum atomic E-state index is 11.1. The number of carbonyl (C=O) groups is 1. The first-order chi connectivity index (χ1) is 6.79. The summed E-state index contributed by atoms with van der Waals surface area (Å²) in [4.78, 5) is 11.1. The Kier molecular flexibility index (Phi) is 2.49. The zero-order valence-electron chi connectivity index (χ0n) is 7.94. The number of aromatic nitrogens is 2. The first-order valence-corrected chi connectivity index (χ1v) is 4.83. The van der Waals surface area contributed by atoms with Crippen molar-refractivity contribution >= 4 is 5.91 Å². The molecule has 0 unspecified atom stereocenters. The summed E-state index contributed by atoms with van der Waals surface area (Å²) in [6.45, 7) is 1.95. The normalized spacial score (nSPS) is 18.3. The minimum absolute atomic E-state index is 0.314. The highest BCUT2D eigenvalue weighted by molar-refractivity contribution is 5.90. The molecule has 0 spiro atoms. The average Bonchev–Trinajstić information content (AvgIpc) is 2.67. The van der Waals surface area contributed by atoms with E-state index >= 15 is 0 Å². The first-order valence-electron chi connectivity index (χ1n) is 4.83. The van der Waals surface area contributed by atoms with E-state index in [0.29, 0.717) is 11.7 Å². The van der Waals surface area contributed by atoms with Crippen molar-refractivity contribution in [2.75, 3.05) is 13.1 Å². The second-order valence-corrected chi connectivity index (χ2v) is 3.51. The van der Waals surface area contributed by atoms with Gasteiger partial charge >= 0.3 is 0 Å². The molecule has 1 aliphatic rings. The van der Waals surface area contributed by atoms with Gasteiger partial charge in [0, 0.05) is 6.20 Å². The molecular formula is C9H14N4O. The van der Waals surface area contributed by atoms with Gasteiger partial charge in [0.05, 0.1) is 6.04 Å². The maximum Gasteiger partial charge on any atom is 0.266 e. The van der Waals surface area contributed by atoms with E-state index in [9.17, 15) is 4.79 Å². The second-order valence-electron chi connectivity index (χ2n) is 3.51. The van der Waals surface area contributed by atoms with Crippen LogP contribution < -0.4 is 11.1 Å². The number of hydrogen-bond acceptors (Lipinski definition) is 3. The molecule has 2 heterocycles. The Bertz CT molecular complexity index is 327. The lowest BCUT2D eigenvalue weighted by molar-refractivity contribution is 0.0985. The van der Waals surface area contributed by atoms with Crippen LogP contribution in [0.2, 0.25) is 0 Å². The first kappa shape index (κ1) is 9.21. The van der Waals surface area contributed by atoms with Gasteiger partial charge in [-0.05, 0) is 32.0 Å². The lowest BCUT2D eigenvalue weighted by atomic mass is 10.1. The summed E-state index contributed by atoms with van der Waals surface area (Å²) >= 11 is 0. The number of rotatable bonds is 2. The van der Waals surface area contributed by atoms with Gasteiger partial charge in [0.15, 0.2) is 0 Å². The molecule has 3 N–H and O–H groups in total. The minimum atomic E-state index is -0.402. The van der Waals surface area contributed by atoms with Crippen molar-refractivity contribution in [3.8, 4) is 0 Å². The standard InChI is InChI=1S/C9H14N4O/c10-9(14)8-3-6-12-13(8)7-1-4-11-5-2-7/h3,6-7,11H,1-2,4-5H2,(H2,10,14). The predicted octanol–water partition coefficient (Wildman–Crippen LogP) is -0.0935. The number of primary amides is 1. The van der Waals surface area contributed by atoms with Crippen LogP contribution in [0.1, 0.15) is 29.4 Å². The van der Waals surface area contributed by atoms with Crippen molar-refractivity contribution in [3.63, 3.8) is 0 Å². The van der Waals surface area contributed by atoms with Crippen molar-refractivity contribution in [3.05, 3.63) is 18.0 Å². The fraction of sp³-hybridized carbons (Fsp3) is 0.556. The van der Waals surface area contributed by atoms with E-state index in [1.807, 2.05) is 0 Å². The highest BCUT2D eigenvalue weighted by Crippen LogP contribution is 2.19. The lowest BCUT2D eigenvalue weighted by Crippen LogP contribution is -2.31. The third-order valence-electron chi connectivity index (χ3n) is 2.58. The Hall–Kier alpha value is -1.36. The summed E-state index contributed by atoms with van der Waals surface area (Å²) in [5, 5.41) is 7.42. The number of hydrogen-bond donors (Lipinski definition) is 2. The van der Waals surface area contributed by atoms with Gasteiger partial charge in [-0.25, -0.2) is 0 Å². The third kappa shape index (κ3) is 1.63. The van der Waals surface area contributed by atoms with Crippen LogP contribution in [0.15, 0.2) is 12.3 Å². The minimum Gasteiger partial charge on any atom is -0.364 e. The molecule has 0 atom stereocenters. The third-order valence-corrected chi connectivity index (χ3v) is 2.58. The van der Waals surface area contributed by atoms with Gasteiger partial charge in [0.2, 0.25) is 0 Å². The smallest absolute Gasteiger partial charge is 0.266 e. The lowest BCUT2D eigenvalue weighted by Gasteiger charge is -2.23. The Morgan fingerprint density at radius 2 is 2.29 bits per heavy atom. The maximum absolute atomic E-state index is 11.1. The second kappa shape index (κ2) is 3.79. The molecule has 1 saturated heterocycles. The molecule has 76 valence electrons. The summed E-state index contributed by atoms with van der Waals surface area (Å²) < 4.78 is 1.75. The highest BCUT2D eigenvalue weighted by Gasteiger charge is 2.19. The van der Waals surface area contributed by atoms with E-state index in [1.165, 1.54) is 0 Å². The molecule has 1 aromatic heterocycles. The van der Waals surface area contributed by atoms with Gasteiger partial charge in [0.1, 0.15) is 5.69 Å². The highest BCUT2D eigenvalue weighted by atomic mass is 16.1. The van der Waals surface area contributed by atoms with Gasteiger partial charge in [-0.3, -0.25) is 9.48 Å². The van der Waals surface area contributed by atoms with E-state index < -0.39 is 5.91 Å². The van der Waals surface area contributed by atoms with E-state index in [4.69, 9.17) is 5.73 Å². The number of carbonyl (C=O) groups excluding carboxylic acids is 1. The molecule has 1 amide bonds. The van der Waals surface area contributed by atoms with E-state index in [0.717, 1.165) is 25.9 Å². The number of piperidine rings is 1. The predicted molar refractivity (Wildman–Crippen MR) is 51.9 cm³/mol. The number of nitrogens with one attached hydrogen (secondary N) is 1. The summed E-state index contributed by atoms with van der Waals surface area (Å²) in [5.74, 6) is -0.402. The molecule has 2 rings (SSSR count). The number of nitrogens with two attached hydrogens (primary N) is 1. The van der Waals surface area contributed by atoms with Crippen LogP contribution in [0.4, 0.5) is 0 Å². The molecule has 5 nitrogen and oxygen atoms in total. The average molecular weight is 194 g/mol. The molecule has 0 bridgehead atoms. The van der Waals surface area contributed by atoms with Crippen LogP contribution in [0.25, 0.3) is 0 Å². The Balaban J connectivity index is 2.21. The molecule has 5 heteroatoms. The van der Waals surface area contributed by atoms with E-state index in [1.54, 1.807) is 16.9 Å². The zero-order chi connectivity index (χ0) is 9.97. The van der Waals surface area contributed by atoms with Crippen molar-refractivity contribution in [1.29, 1.82) is 0 Å². The Labute approximate surface area is 82.3 Å². The van der Waals surface area contributed by atoms with E-state index in [2.05, 4.69) is 10.4 Å². The molecule has 1 fully saturated rings. The topological polar surface area (TPSA) is 72.9 Å². The number of amides is 1.